The number of imide groups is 1. The molecule has 0 radical (unpaired) electrons. The van der Waals surface area contributed by atoms with Gasteiger partial charge in [0.2, 0.25) is 5.82 Å². The summed E-state index contributed by atoms with van der Waals surface area (Å²) in [6.45, 7) is -0.223. The van der Waals surface area contributed by atoms with Crippen molar-refractivity contribution < 1.29 is 41.4 Å². The Morgan fingerprint density at radius 1 is 0.955 bits per heavy atom. The molecule has 2 amide bonds. The lowest BCUT2D eigenvalue weighted by atomic mass is 9.64. The Morgan fingerprint density at radius 3 is 2.14 bits per heavy atom. The van der Waals surface area contributed by atoms with Crippen LogP contribution < -0.4 is 21.0 Å². The highest BCUT2D eigenvalue weighted by atomic mass is 79.9. The third kappa shape index (κ3) is 3.52. The van der Waals surface area contributed by atoms with Gasteiger partial charge in [-0.05, 0) is 39.2 Å². The van der Waals surface area contributed by atoms with Crippen LogP contribution in [0, 0.1) is 29.1 Å². The highest BCUT2D eigenvalue weighted by Gasteiger charge is 2.76. The number of rotatable bonds is 3. The number of carbonyl (C=O) groups excluding carboxylic acids is 2. The van der Waals surface area contributed by atoms with Gasteiger partial charge in [-0.2, -0.15) is 0 Å². The predicted molar refractivity (Wildman–Crippen MR) is 147 cm³/mol. The Hall–Kier alpha value is -3.63. The number of ether oxygens (including phenoxy) is 1. The number of phenols is 1. The van der Waals surface area contributed by atoms with Crippen LogP contribution in [0.2, 0.25) is 0 Å². The molecular weight excluding hydrogens is 710 g/mol. The summed E-state index contributed by atoms with van der Waals surface area (Å²) in [5.74, 6) is -17.7. The van der Waals surface area contributed by atoms with Crippen LogP contribution in [-0.4, -0.2) is 47.7 Å². The Labute approximate surface area is 260 Å². The number of fused-ring (bicyclic) bond motifs is 4. The normalized spacial score (nSPS) is 26.0. The van der Waals surface area contributed by atoms with E-state index in [1.807, 2.05) is 0 Å². The third-order valence-electron chi connectivity index (χ3n) is 8.28. The number of hydrogen-bond acceptors (Lipinski definition) is 6. The third-order valence-corrected chi connectivity index (χ3v) is 10.3. The first kappa shape index (κ1) is 30.4. The Bertz CT molecular complexity index is 1980. The molecule has 0 bridgehead atoms. The Morgan fingerprint density at radius 2 is 1.55 bits per heavy atom. The van der Waals surface area contributed by atoms with E-state index in [9.17, 15) is 37.5 Å². The number of hydrogen-bond donors (Lipinski definition) is 1. The zero-order valence-electron chi connectivity index (χ0n) is 22.1. The van der Waals surface area contributed by atoms with E-state index in [1.54, 1.807) is 0 Å². The highest BCUT2D eigenvalue weighted by molar-refractivity contribution is 9.10. The molecule has 1 aromatic heterocycles. The summed E-state index contributed by atoms with van der Waals surface area (Å²) in [6.07, 6.45) is 0.722. The van der Waals surface area contributed by atoms with Gasteiger partial charge in [0, 0.05) is 19.4 Å². The van der Waals surface area contributed by atoms with Crippen molar-refractivity contribution in [2.45, 2.75) is 34.7 Å². The molecule has 3 aliphatic rings. The summed E-state index contributed by atoms with van der Waals surface area (Å²) in [4.78, 5) is 48.5. The maximum absolute atomic E-state index is 15.0. The molecular formula is C26H16BrCl2F5N4O6. The van der Waals surface area contributed by atoms with Crippen molar-refractivity contribution in [3.8, 4) is 11.5 Å². The lowest BCUT2D eigenvalue weighted by Crippen LogP contribution is -2.59. The van der Waals surface area contributed by atoms with E-state index < -0.39 is 86.1 Å². The standard InChI is InChI=1S/C26H16BrCl2F5N4O6/c1-35-23(42)36-4-3-9-11(38(36)24(35)43)7-25(28)21(40)37(19-17(33)15(31)14(30)16(32)18(19)34)22(41)26(25,29)13(9)8-5-10(27)20(39)12(6-8)44-2/h3,5-6,11,13,39H,4,7H2,1-2H3/t11-,13+,25-,26+/m1/s1. The molecule has 2 fully saturated rings. The van der Waals surface area contributed by atoms with Gasteiger partial charge in [0.05, 0.1) is 24.2 Å². The molecule has 0 spiro atoms. The number of allylic oxidation sites excluding steroid dienone is 2. The fraction of sp³-hybridized carbons (Fsp3) is 0.308. The number of carbonyl (C=O) groups is 2. The molecule has 18 heteroatoms. The monoisotopic (exact) mass is 724 g/mol. The first-order valence-electron chi connectivity index (χ1n) is 12.5. The van der Waals surface area contributed by atoms with Gasteiger partial charge in [0.1, 0.15) is 5.69 Å². The highest BCUT2D eigenvalue weighted by Crippen LogP contribution is 2.64. The van der Waals surface area contributed by atoms with Crippen molar-refractivity contribution in [1.29, 1.82) is 0 Å². The second-order valence-electron chi connectivity index (χ2n) is 10.3. The molecule has 44 heavy (non-hydrogen) atoms. The summed E-state index contributed by atoms with van der Waals surface area (Å²) in [6, 6.07) is 1.23. The van der Waals surface area contributed by atoms with E-state index in [0.29, 0.717) is 0 Å². The number of aromatic hydroxyl groups is 1. The predicted octanol–water partition coefficient (Wildman–Crippen LogP) is 3.72. The van der Waals surface area contributed by atoms with Gasteiger partial charge in [-0.3, -0.25) is 9.59 Å². The summed E-state index contributed by atoms with van der Waals surface area (Å²) in [5.41, 5.74) is -3.28. The van der Waals surface area contributed by atoms with E-state index in [4.69, 9.17) is 27.9 Å². The molecule has 10 nitrogen and oxygen atoms in total. The van der Waals surface area contributed by atoms with Crippen molar-refractivity contribution in [1.82, 2.24) is 13.9 Å². The van der Waals surface area contributed by atoms with Crippen LogP contribution in [0.1, 0.15) is 23.9 Å². The van der Waals surface area contributed by atoms with Crippen LogP contribution in [-0.2, 0) is 23.2 Å². The van der Waals surface area contributed by atoms with Crippen LogP contribution >= 0.6 is 39.1 Å². The number of nitrogens with zero attached hydrogens (tertiary/aromatic N) is 4. The maximum Gasteiger partial charge on any atom is 0.347 e. The van der Waals surface area contributed by atoms with Crippen molar-refractivity contribution in [3.05, 3.63) is 83.9 Å². The van der Waals surface area contributed by atoms with Gasteiger partial charge in [0.15, 0.2) is 44.5 Å². The molecule has 1 N–H and O–H groups in total. The van der Waals surface area contributed by atoms with Gasteiger partial charge in [-0.1, -0.05) is 6.08 Å². The molecule has 3 heterocycles. The van der Waals surface area contributed by atoms with E-state index in [0.717, 1.165) is 13.9 Å². The molecule has 3 aromatic rings. The zero-order chi connectivity index (χ0) is 32.4. The maximum atomic E-state index is 15.0. The fourth-order valence-electron chi connectivity index (χ4n) is 6.23. The summed E-state index contributed by atoms with van der Waals surface area (Å²) >= 11 is 17.1. The van der Waals surface area contributed by atoms with Gasteiger partial charge in [-0.25, -0.2) is 50.4 Å². The number of aromatic nitrogens is 3. The number of halogens is 8. The molecule has 4 atom stereocenters. The summed E-state index contributed by atoms with van der Waals surface area (Å²) in [7, 11) is 2.40. The van der Waals surface area contributed by atoms with E-state index in [-0.39, 0.29) is 38.6 Å². The second kappa shape index (κ2) is 9.68. The van der Waals surface area contributed by atoms with E-state index in [2.05, 4.69) is 15.9 Å². The van der Waals surface area contributed by atoms with Crippen LogP contribution in [0.3, 0.4) is 0 Å². The average Bonchev–Trinajstić information content (AvgIpc) is 3.30. The lowest BCUT2D eigenvalue weighted by molar-refractivity contribution is -0.122. The van der Waals surface area contributed by atoms with Gasteiger partial charge in [-0.15, -0.1) is 23.2 Å². The van der Waals surface area contributed by atoms with Crippen molar-refractivity contribution in [3.63, 3.8) is 0 Å². The van der Waals surface area contributed by atoms with E-state index >= 15 is 8.78 Å². The molecule has 232 valence electrons. The quantitative estimate of drug-likeness (QED) is 0.110. The van der Waals surface area contributed by atoms with Crippen LogP contribution in [0.5, 0.6) is 11.5 Å². The number of amides is 2. The number of methoxy groups -OCH3 is 1. The van der Waals surface area contributed by atoms with Gasteiger partial charge >= 0.3 is 11.4 Å². The minimum absolute atomic E-state index is 0.00741. The second-order valence-corrected chi connectivity index (χ2v) is 12.4. The van der Waals surface area contributed by atoms with Crippen molar-refractivity contribution in [2.24, 2.45) is 7.05 Å². The number of anilines is 1. The van der Waals surface area contributed by atoms with Gasteiger partial charge < -0.3 is 9.84 Å². The Kier molecular flexibility index (Phi) is 6.69. The SMILES string of the molecule is COc1cc([C@H]2C3=CCn4c(=O)n(C)c(=O)n4[C@@H]3C[C@@]3(Cl)C(=O)N(c4c(F)c(F)c(F)c(F)c4F)C(=O)[C@@]23Cl)cc(Br)c1O. The molecule has 6 rings (SSSR count). The zero-order valence-corrected chi connectivity index (χ0v) is 25.2. The Balaban J connectivity index is 1.68. The van der Waals surface area contributed by atoms with Crippen LogP contribution in [0.4, 0.5) is 27.6 Å². The molecule has 1 aliphatic carbocycles. The number of phenolic OH excluding ortho intramolecular Hbond substituents is 1. The van der Waals surface area contributed by atoms with Crippen molar-refractivity contribution in [2.75, 3.05) is 12.0 Å². The largest absolute Gasteiger partial charge is 0.503 e. The van der Waals surface area contributed by atoms with Crippen LogP contribution in [0.15, 0.2) is 37.8 Å². The van der Waals surface area contributed by atoms with Crippen LogP contribution in [0.25, 0.3) is 0 Å². The summed E-state index contributed by atoms with van der Waals surface area (Å²) < 4.78 is 80.5. The first-order valence-corrected chi connectivity index (χ1v) is 14.0. The van der Waals surface area contributed by atoms with E-state index in [1.165, 1.54) is 32.4 Å². The minimum atomic E-state index is -2.73. The lowest BCUT2D eigenvalue weighted by Gasteiger charge is -2.49. The minimum Gasteiger partial charge on any atom is -0.503 e. The fourth-order valence-corrected chi connectivity index (χ4v) is 7.60. The topological polar surface area (TPSA) is 116 Å². The van der Waals surface area contributed by atoms with Gasteiger partial charge in [0.25, 0.3) is 11.8 Å². The summed E-state index contributed by atoms with van der Waals surface area (Å²) in [5, 5.41) is 10.4. The first-order chi connectivity index (χ1) is 20.5. The number of alkyl halides is 2. The molecule has 2 aromatic carbocycles. The number of benzene rings is 2. The average molecular weight is 726 g/mol. The molecule has 0 unspecified atom stereocenters. The molecule has 1 saturated heterocycles. The molecule has 2 aliphatic heterocycles. The smallest absolute Gasteiger partial charge is 0.347 e. The van der Waals surface area contributed by atoms with Crippen molar-refractivity contribution >= 4 is 56.6 Å². The molecule has 1 saturated carbocycles.